The minimum absolute atomic E-state index is 0.00724. The van der Waals surface area contributed by atoms with E-state index in [2.05, 4.69) is 17.0 Å². The molecule has 1 saturated carbocycles. The second-order valence-electron chi connectivity index (χ2n) is 10.1. The van der Waals surface area contributed by atoms with Gasteiger partial charge in [0.15, 0.2) is 0 Å². The molecule has 2 aliphatic carbocycles. The molecule has 38 heavy (non-hydrogen) atoms. The summed E-state index contributed by atoms with van der Waals surface area (Å²) in [5.74, 6) is 0.610. The van der Waals surface area contributed by atoms with E-state index in [0.29, 0.717) is 29.7 Å². The highest BCUT2D eigenvalue weighted by Gasteiger charge is 2.43. The molecule has 11 heteroatoms. The molecule has 0 spiro atoms. The molecule has 1 aromatic carbocycles. The molecule has 0 radical (unpaired) electrons. The maximum absolute atomic E-state index is 13.8. The van der Waals surface area contributed by atoms with E-state index in [1.807, 2.05) is 0 Å². The number of fused-ring (bicyclic) bond motifs is 1. The molecule has 0 unspecified atom stereocenters. The summed E-state index contributed by atoms with van der Waals surface area (Å²) in [6.45, 7) is 4.15. The van der Waals surface area contributed by atoms with Crippen LogP contribution in [0.25, 0.3) is 0 Å². The monoisotopic (exact) mass is 558 g/mol. The van der Waals surface area contributed by atoms with Crippen molar-refractivity contribution >= 4 is 27.6 Å². The molecule has 0 N–H and O–H groups in total. The van der Waals surface area contributed by atoms with Gasteiger partial charge in [0.25, 0.3) is 0 Å². The fourth-order valence-corrected chi connectivity index (χ4v) is 6.40. The average Bonchev–Trinajstić information content (AvgIpc) is 3.52. The Bertz CT molecular complexity index is 1450. The molecule has 9 nitrogen and oxygen atoms in total. The topological polar surface area (TPSA) is 104 Å². The van der Waals surface area contributed by atoms with Crippen molar-refractivity contribution in [3.05, 3.63) is 64.6 Å². The third-order valence-corrected chi connectivity index (χ3v) is 9.52. The average molecular weight is 559 g/mol. The molecule has 5 rings (SSSR count). The number of carbonyl (C=O) groups excluding carboxylic acids is 1. The Morgan fingerprint density at radius 2 is 1.97 bits per heavy atom. The largest absolute Gasteiger partial charge is 0.465 e. The molecule has 0 saturated heterocycles. The lowest BCUT2D eigenvalue weighted by molar-refractivity contribution is -0.144. The van der Waals surface area contributed by atoms with E-state index in [-0.39, 0.29) is 22.8 Å². The predicted octanol–water partition coefficient (Wildman–Crippen LogP) is 5.04. The van der Waals surface area contributed by atoms with E-state index >= 15 is 0 Å². The first-order valence-electron chi connectivity index (χ1n) is 12.7. The summed E-state index contributed by atoms with van der Waals surface area (Å²) in [6.07, 6.45) is 7.04. The van der Waals surface area contributed by atoms with E-state index < -0.39 is 16.1 Å². The number of halogens is 1. The Kier molecular flexibility index (Phi) is 7.23. The van der Waals surface area contributed by atoms with Crippen LogP contribution in [-0.2, 0) is 37.9 Å². The first-order valence-corrected chi connectivity index (χ1v) is 14.6. The van der Waals surface area contributed by atoms with Gasteiger partial charge in [0.05, 0.1) is 25.0 Å². The summed E-state index contributed by atoms with van der Waals surface area (Å²) in [6, 6.07) is 8.27. The zero-order valence-electron chi connectivity index (χ0n) is 21.7. The minimum Gasteiger partial charge on any atom is -0.465 e. The first kappa shape index (κ1) is 26.6. The van der Waals surface area contributed by atoms with Crippen molar-refractivity contribution in [1.29, 1.82) is 0 Å². The van der Waals surface area contributed by atoms with Crippen LogP contribution in [0.4, 0.5) is 0 Å². The van der Waals surface area contributed by atoms with Crippen LogP contribution >= 0.6 is 11.6 Å². The number of rotatable bonds is 9. The molecule has 3 aromatic rings. The van der Waals surface area contributed by atoms with Gasteiger partial charge in [-0.05, 0) is 74.8 Å². The summed E-state index contributed by atoms with van der Waals surface area (Å²) in [7, 11) is -2.29. The van der Waals surface area contributed by atoms with E-state index in [4.69, 9.17) is 21.1 Å². The van der Waals surface area contributed by atoms with E-state index in [1.54, 1.807) is 55.2 Å². The lowest BCUT2D eigenvalue weighted by Gasteiger charge is -2.31. The summed E-state index contributed by atoms with van der Waals surface area (Å²) in [4.78, 5) is 16.6. The number of esters is 1. The van der Waals surface area contributed by atoms with Crippen molar-refractivity contribution in [2.45, 2.75) is 68.8 Å². The maximum Gasteiger partial charge on any atom is 0.327 e. The molecular weight excluding hydrogens is 528 g/mol. The molecule has 0 aliphatic heterocycles. The zero-order chi connectivity index (χ0) is 27.1. The van der Waals surface area contributed by atoms with Crippen molar-refractivity contribution in [3.8, 4) is 11.6 Å². The van der Waals surface area contributed by atoms with Crippen LogP contribution in [0.2, 0.25) is 5.02 Å². The van der Waals surface area contributed by atoms with Crippen molar-refractivity contribution in [2.24, 2.45) is 0 Å². The van der Waals surface area contributed by atoms with Gasteiger partial charge in [0, 0.05) is 28.9 Å². The molecule has 1 atom stereocenters. The normalized spacial score (nSPS) is 18.2. The number of hydrogen-bond acceptors (Lipinski definition) is 7. The zero-order valence-corrected chi connectivity index (χ0v) is 23.3. The van der Waals surface area contributed by atoms with E-state index in [0.717, 1.165) is 42.5 Å². The first-order chi connectivity index (χ1) is 18.1. The third-order valence-electron chi connectivity index (χ3n) is 7.44. The lowest BCUT2D eigenvalue weighted by atomic mass is 9.93. The van der Waals surface area contributed by atoms with Gasteiger partial charge in [-0.2, -0.15) is 9.40 Å². The van der Waals surface area contributed by atoms with E-state index in [1.165, 1.54) is 10.5 Å². The van der Waals surface area contributed by atoms with Crippen LogP contribution in [0.15, 0.2) is 47.6 Å². The lowest BCUT2D eigenvalue weighted by Crippen LogP contribution is -2.33. The maximum atomic E-state index is 13.8. The van der Waals surface area contributed by atoms with Gasteiger partial charge in [-0.25, -0.2) is 13.4 Å². The summed E-state index contributed by atoms with van der Waals surface area (Å²) >= 11 is 5.99. The number of aromatic nitrogens is 3. The Labute approximate surface area is 227 Å². The van der Waals surface area contributed by atoms with Gasteiger partial charge in [0.2, 0.25) is 15.9 Å². The SMILES string of the molecule is CCOC(=O)Cn1ncc2c1CCC[C@H]2N(C)S(=O)(=O)c1cnc(Oc2ccc(Cl)cc2)c(C2(C)CC2)c1. The molecule has 1 fully saturated rings. The second-order valence-corrected chi connectivity index (χ2v) is 12.5. The second kappa shape index (κ2) is 10.3. The van der Waals surface area contributed by atoms with Gasteiger partial charge >= 0.3 is 5.97 Å². The van der Waals surface area contributed by atoms with Crippen LogP contribution in [0.3, 0.4) is 0 Å². The van der Waals surface area contributed by atoms with Crippen molar-refractivity contribution in [1.82, 2.24) is 19.1 Å². The van der Waals surface area contributed by atoms with Crippen molar-refractivity contribution in [2.75, 3.05) is 13.7 Å². The Morgan fingerprint density at radius 3 is 2.66 bits per heavy atom. The summed E-state index contributed by atoms with van der Waals surface area (Å²) < 4.78 is 41.8. The van der Waals surface area contributed by atoms with Gasteiger partial charge in [-0.15, -0.1) is 0 Å². The van der Waals surface area contributed by atoms with Gasteiger partial charge in [-0.3, -0.25) is 9.48 Å². The fourth-order valence-electron chi connectivity index (χ4n) is 4.93. The molecule has 0 bridgehead atoms. The summed E-state index contributed by atoms with van der Waals surface area (Å²) in [5, 5.41) is 4.97. The van der Waals surface area contributed by atoms with Crippen LogP contribution in [0, 0.1) is 0 Å². The number of carbonyl (C=O) groups is 1. The van der Waals surface area contributed by atoms with Crippen LogP contribution in [0.1, 0.15) is 62.4 Å². The number of sulfonamides is 1. The smallest absolute Gasteiger partial charge is 0.327 e. The molecule has 202 valence electrons. The highest BCUT2D eigenvalue weighted by Crippen LogP contribution is 2.51. The minimum atomic E-state index is -3.88. The van der Waals surface area contributed by atoms with Gasteiger partial charge in [0.1, 0.15) is 17.2 Å². The number of benzene rings is 1. The molecular formula is C27H31ClN4O5S. The van der Waals surface area contributed by atoms with Crippen LogP contribution in [-0.4, -0.2) is 47.1 Å². The van der Waals surface area contributed by atoms with Crippen LogP contribution in [0.5, 0.6) is 11.6 Å². The quantitative estimate of drug-likeness (QED) is 0.339. The van der Waals surface area contributed by atoms with Crippen molar-refractivity contribution < 1.29 is 22.7 Å². The number of pyridine rings is 1. The van der Waals surface area contributed by atoms with Crippen molar-refractivity contribution in [3.63, 3.8) is 0 Å². The summed E-state index contributed by atoms with van der Waals surface area (Å²) in [5.41, 5.74) is 2.27. The highest BCUT2D eigenvalue weighted by molar-refractivity contribution is 7.89. The third kappa shape index (κ3) is 5.17. The Balaban J connectivity index is 1.43. The standard InChI is InChI=1S/C27H31ClN4O5S/c1-4-36-25(33)17-32-24-7-5-6-23(21(24)16-30-32)31(3)38(34,35)20-14-22(27(2)12-13-27)26(29-15-20)37-19-10-8-18(28)9-11-19/h8-11,14-16,23H,4-7,12-13,17H2,1-3H3/t23-/m1/s1. The Hall–Kier alpha value is -2.95. The molecule has 2 heterocycles. The predicted molar refractivity (Wildman–Crippen MR) is 142 cm³/mol. The molecule has 0 amide bonds. The molecule has 2 aromatic heterocycles. The van der Waals surface area contributed by atoms with E-state index in [9.17, 15) is 13.2 Å². The highest BCUT2D eigenvalue weighted by atomic mass is 35.5. The van der Waals surface area contributed by atoms with Gasteiger partial charge in [-0.1, -0.05) is 18.5 Å². The van der Waals surface area contributed by atoms with Gasteiger partial charge < -0.3 is 9.47 Å². The fraction of sp³-hybridized carbons (Fsp3) is 0.444. The Morgan fingerprint density at radius 1 is 1.24 bits per heavy atom. The molecule has 2 aliphatic rings. The number of ether oxygens (including phenoxy) is 2. The van der Waals surface area contributed by atoms with Crippen LogP contribution < -0.4 is 4.74 Å². The number of nitrogens with zero attached hydrogens (tertiary/aromatic N) is 4. The number of hydrogen-bond donors (Lipinski definition) is 0.